The lowest BCUT2D eigenvalue weighted by molar-refractivity contribution is -0.140. The molecule has 1 heterocycles. The van der Waals surface area contributed by atoms with Crippen LogP contribution in [0.5, 0.6) is 0 Å². The fraction of sp³-hybridized carbons (Fsp3) is 0.231. The van der Waals surface area contributed by atoms with Gasteiger partial charge in [-0.25, -0.2) is 18.2 Å². The van der Waals surface area contributed by atoms with Crippen LogP contribution in [0.15, 0.2) is 17.5 Å². The lowest BCUT2D eigenvalue weighted by atomic mass is 10.2. The van der Waals surface area contributed by atoms with Crippen molar-refractivity contribution in [3.63, 3.8) is 0 Å². The second kappa shape index (κ2) is 6.57. The van der Waals surface area contributed by atoms with Crippen LogP contribution in [0.4, 0.5) is 24.0 Å². The Morgan fingerprint density at radius 2 is 2.00 bits per heavy atom. The van der Waals surface area contributed by atoms with Gasteiger partial charge in [0.25, 0.3) is 0 Å². The maximum atomic E-state index is 13.5. The number of hydrogen-bond donors (Lipinski definition) is 1. The summed E-state index contributed by atoms with van der Waals surface area (Å²) in [5.41, 5.74) is 0.126. The molecule has 4 nitrogen and oxygen atoms in total. The van der Waals surface area contributed by atoms with Crippen LogP contribution in [-0.2, 0) is 16.0 Å². The number of anilines is 2. The van der Waals surface area contributed by atoms with Crippen LogP contribution in [0.25, 0.3) is 0 Å². The van der Waals surface area contributed by atoms with Gasteiger partial charge in [0.1, 0.15) is 11.5 Å². The summed E-state index contributed by atoms with van der Waals surface area (Å²) >= 11 is 1.12. The Kier molecular flexibility index (Phi) is 4.79. The van der Waals surface area contributed by atoms with E-state index in [0.29, 0.717) is 24.2 Å². The molecule has 1 aromatic heterocycles. The van der Waals surface area contributed by atoms with Crippen molar-refractivity contribution in [1.82, 2.24) is 4.98 Å². The average molecular weight is 316 g/mol. The van der Waals surface area contributed by atoms with Crippen LogP contribution < -0.4 is 5.32 Å². The fourth-order valence-corrected chi connectivity index (χ4v) is 2.33. The molecule has 8 heteroatoms. The molecule has 0 aliphatic rings. The number of hydrogen-bond acceptors (Lipinski definition) is 5. The number of aryl methyl sites for hydroxylation is 1. The normalized spacial score (nSPS) is 10.5. The molecule has 2 aromatic rings. The molecule has 0 saturated carbocycles. The van der Waals surface area contributed by atoms with E-state index in [1.54, 1.807) is 5.38 Å². The third kappa shape index (κ3) is 3.94. The Labute approximate surface area is 122 Å². The Hall–Kier alpha value is -2.09. The van der Waals surface area contributed by atoms with Gasteiger partial charge in [-0.2, -0.15) is 0 Å². The summed E-state index contributed by atoms with van der Waals surface area (Å²) in [6.07, 6.45) is 0.526. The minimum atomic E-state index is -1.04. The SMILES string of the molecule is COC(=O)CCc1csc(Nc2c(F)cc(F)cc2F)n1. The third-order valence-corrected chi connectivity index (χ3v) is 3.41. The smallest absolute Gasteiger partial charge is 0.305 e. The maximum Gasteiger partial charge on any atom is 0.305 e. The van der Waals surface area contributed by atoms with Gasteiger partial charge in [-0.1, -0.05) is 0 Å². The zero-order valence-electron chi connectivity index (χ0n) is 11.0. The van der Waals surface area contributed by atoms with E-state index < -0.39 is 23.1 Å². The van der Waals surface area contributed by atoms with Gasteiger partial charge in [-0.3, -0.25) is 4.79 Å². The standard InChI is InChI=1S/C13H11F3N2O2S/c1-20-11(19)3-2-8-6-21-13(17-8)18-12-9(15)4-7(14)5-10(12)16/h4-6H,2-3H2,1H3,(H,17,18). The van der Waals surface area contributed by atoms with Crippen molar-refractivity contribution < 1.29 is 22.7 Å². The van der Waals surface area contributed by atoms with Crippen LogP contribution in [0.1, 0.15) is 12.1 Å². The Balaban J connectivity index is 2.08. The molecule has 112 valence electrons. The monoisotopic (exact) mass is 316 g/mol. The van der Waals surface area contributed by atoms with Crippen LogP contribution in [0.3, 0.4) is 0 Å². The minimum absolute atomic E-state index is 0.166. The predicted molar refractivity (Wildman–Crippen MR) is 72.0 cm³/mol. The van der Waals surface area contributed by atoms with Gasteiger partial charge < -0.3 is 10.1 Å². The van der Waals surface area contributed by atoms with Crippen molar-refractivity contribution in [3.05, 3.63) is 40.7 Å². The van der Waals surface area contributed by atoms with E-state index in [-0.39, 0.29) is 17.5 Å². The van der Waals surface area contributed by atoms with Crippen molar-refractivity contribution in [2.75, 3.05) is 12.4 Å². The van der Waals surface area contributed by atoms with Crippen LogP contribution in [0.2, 0.25) is 0 Å². The van der Waals surface area contributed by atoms with E-state index in [2.05, 4.69) is 15.0 Å². The molecule has 0 bridgehead atoms. The van der Waals surface area contributed by atoms with E-state index in [0.717, 1.165) is 11.3 Å². The molecule has 1 N–H and O–H groups in total. The van der Waals surface area contributed by atoms with Gasteiger partial charge in [0.05, 0.1) is 19.2 Å². The third-order valence-electron chi connectivity index (χ3n) is 2.60. The first-order chi connectivity index (χ1) is 9.99. The van der Waals surface area contributed by atoms with Gasteiger partial charge in [0.15, 0.2) is 16.8 Å². The van der Waals surface area contributed by atoms with Crippen LogP contribution in [0, 0.1) is 17.5 Å². The highest BCUT2D eigenvalue weighted by atomic mass is 32.1. The second-order valence-electron chi connectivity index (χ2n) is 4.09. The quantitative estimate of drug-likeness (QED) is 0.859. The minimum Gasteiger partial charge on any atom is -0.469 e. The number of esters is 1. The molecule has 0 spiro atoms. The summed E-state index contributed by atoms with van der Waals surface area (Å²) in [4.78, 5) is 15.1. The maximum absolute atomic E-state index is 13.5. The zero-order valence-corrected chi connectivity index (χ0v) is 11.8. The molecule has 2 rings (SSSR count). The summed E-state index contributed by atoms with van der Waals surface area (Å²) in [6, 6.07) is 1.16. The number of ether oxygens (including phenoxy) is 1. The molecule has 0 fully saturated rings. The first-order valence-corrected chi connectivity index (χ1v) is 6.80. The number of halogens is 3. The zero-order chi connectivity index (χ0) is 15.4. The van der Waals surface area contributed by atoms with Crippen molar-refractivity contribution in [3.8, 4) is 0 Å². The highest BCUT2D eigenvalue weighted by Gasteiger charge is 2.13. The highest BCUT2D eigenvalue weighted by molar-refractivity contribution is 7.13. The van der Waals surface area contributed by atoms with E-state index in [1.165, 1.54) is 7.11 Å². The summed E-state index contributed by atoms with van der Waals surface area (Å²) in [5, 5.41) is 4.37. The largest absolute Gasteiger partial charge is 0.469 e. The van der Waals surface area contributed by atoms with Crippen molar-refractivity contribution in [1.29, 1.82) is 0 Å². The summed E-state index contributed by atoms with van der Waals surface area (Å²) in [6.45, 7) is 0. The number of carbonyl (C=O) groups is 1. The van der Waals surface area contributed by atoms with Gasteiger partial charge in [-0.05, 0) is 0 Å². The van der Waals surface area contributed by atoms with Crippen molar-refractivity contribution in [2.24, 2.45) is 0 Å². The first-order valence-electron chi connectivity index (χ1n) is 5.92. The molecule has 0 aliphatic carbocycles. The summed E-state index contributed by atoms with van der Waals surface area (Å²) in [5.74, 6) is -3.45. The molecule has 0 amide bonds. The molecular weight excluding hydrogens is 305 g/mol. The molecule has 1 aromatic carbocycles. The number of nitrogens with one attached hydrogen (secondary N) is 1. The molecular formula is C13H11F3N2O2S. The highest BCUT2D eigenvalue weighted by Crippen LogP contribution is 2.26. The number of thiazole rings is 1. The number of rotatable bonds is 5. The average Bonchev–Trinajstić information content (AvgIpc) is 2.88. The van der Waals surface area contributed by atoms with Crippen molar-refractivity contribution in [2.45, 2.75) is 12.8 Å². The van der Waals surface area contributed by atoms with Gasteiger partial charge >= 0.3 is 5.97 Å². The number of aromatic nitrogens is 1. The number of benzene rings is 1. The lowest BCUT2D eigenvalue weighted by Crippen LogP contribution is -2.02. The van der Waals surface area contributed by atoms with Crippen LogP contribution in [-0.4, -0.2) is 18.1 Å². The Bertz CT molecular complexity index is 638. The Morgan fingerprint density at radius 1 is 1.33 bits per heavy atom. The van der Waals surface area contributed by atoms with E-state index in [1.807, 2.05) is 0 Å². The van der Waals surface area contributed by atoms with Crippen LogP contribution >= 0.6 is 11.3 Å². The molecule has 21 heavy (non-hydrogen) atoms. The predicted octanol–water partition coefficient (Wildman–Crippen LogP) is 3.41. The number of methoxy groups -OCH3 is 1. The fourth-order valence-electron chi connectivity index (χ4n) is 1.58. The second-order valence-corrected chi connectivity index (χ2v) is 4.95. The van der Waals surface area contributed by atoms with Crippen molar-refractivity contribution >= 4 is 28.1 Å². The topological polar surface area (TPSA) is 51.2 Å². The van der Waals surface area contributed by atoms with E-state index in [9.17, 15) is 18.0 Å². The lowest BCUT2D eigenvalue weighted by Gasteiger charge is -2.05. The molecule has 0 radical (unpaired) electrons. The van der Waals surface area contributed by atoms with Gasteiger partial charge in [0.2, 0.25) is 0 Å². The molecule has 0 aliphatic heterocycles. The first kappa shape index (κ1) is 15.3. The van der Waals surface area contributed by atoms with Gasteiger partial charge in [-0.15, -0.1) is 11.3 Å². The summed E-state index contributed by atoms with van der Waals surface area (Å²) in [7, 11) is 1.29. The Morgan fingerprint density at radius 3 is 2.62 bits per heavy atom. The van der Waals surface area contributed by atoms with E-state index >= 15 is 0 Å². The van der Waals surface area contributed by atoms with E-state index in [4.69, 9.17) is 0 Å². The molecule has 0 unspecified atom stereocenters. The number of nitrogens with zero attached hydrogens (tertiary/aromatic N) is 1. The molecule has 0 saturated heterocycles. The number of carbonyl (C=O) groups excluding carboxylic acids is 1. The molecule has 0 atom stereocenters. The van der Waals surface area contributed by atoms with Gasteiger partial charge in [0, 0.05) is 23.9 Å². The summed E-state index contributed by atoms with van der Waals surface area (Å²) < 4.78 is 44.3.